The molecule has 2 atom stereocenters. The highest BCUT2D eigenvalue weighted by Gasteiger charge is 2.22. The van der Waals surface area contributed by atoms with Crippen molar-refractivity contribution in [2.24, 2.45) is 0 Å². The van der Waals surface area contributed by atoms with Gasteiger partial charge in [0.2, 0.25) is 5.82 Å². The van der Waals surface area contributed by atoms with E-state index in [0.717, 1.165) is 43.5 Å². The fourth-order valence-electron chi connectivity index (χ4n) is 4.28. The topological polar surface area (TPSA) is 31.4 Å². The van der Waals surface area contributed by atoms with E-state index < -0.39 is 11.6 Å². The Hall–Kier alpha value is -2.79. The van der Waals surface area contributed by atoms with Crippen LogP contribution in [-0.4, -0.2) is 24.3 Å². The Bertz CT molecular complexity index is 1030. The van der Waals surface area contributed by atoms with Crippen LogP contribution in [0.3, 0.4) is 0 Å². The average molecular weight is 438 g/mol. The maximum atomic E-state index is 14.5. The van der Waals surface area contributed by atoms with Crippen LogP contribution in [-0.2, 0) is 4.74 Å². The molecule has 1 saturated heterocycles. The number of nitrogens with zero attached hydrogens (tertiary/aromatic N) is 1. The lowest BCUT2D eigenvalue weighted by molar-refractivity contribution is -0.00116. The summed E-state index contributed by atoms with van der Waals surface area (Å²) in [6.45, 7) is 4.96. The highest BCUT2D eigenvalue weighted by molar-refractivity contribution is 5.70. The van der Waals surface area contributed by atoms with Gasteiger partial charge in [-0.2, -0.15) is 4.39 Å². The van der Waals surface area contributed by atoms with Crippen molar-refractivity contribution in [1.29, 1.82) is 0 Å². The van der Waals surface area contributed by atoms with Gasteiger partial charge in [0.25, 0.3) is 0 Å². The molecule has 0 aliphatic carbocycles. The second-order valence-electron chi connectivity index (χ2n) is 8.24. The van der Waals surface area contributed by atoms with Gasteiger partial charge in [-0.15, -0.1) is 0 Å². The van der Waals surface area contributed by atoms with Crippen molar-refractivity contribution in [3.8, 4) is 28.1 Å². The molecule has 4 rings (SSSR count). The van der Waals surface area contributed by atoms with Gasteiger partial charge >= 0.3 is 0 Å². The zero-order chi connectivity index (χ0) is 22.5. The zero-order valence-electron chi connectivity index (χ0n) is 18.6. The molecule has 32 heavy (non-hydrogen) atoms. The van der Waals surface area contributed by atoms with Crippen molar-refractivity contribution in [3.63, 3.8) is 0 Å². The molecule has 0 N–H and O–H groups in total. The Morgan fingerprint density at radius 3 is 2.34 bits per heavy atom. The molecule has 0 amide bonds. The van der Waals surface area contributed by atoms with E-state index in [0.29, 0.717) is 17.6 Å². The molecule has 0 bridgehead atoms. The van der Waals surface area contributed by atoms with Crippen LogP contribution in [0.1, 0.15) is 51.0 Å². The second kappa shape index (κ2) is 10.2. The van der Waals surface area contributed by atoms with Gasteiger partial charge in [0.1, 0.15) is 0 Å². The zero-order valence-corrected chi connectivity index (χ0v) is 18.6. The molecule has 1 fully saturated rings. The third-order valence-corrected chi connectivity index (χ3v) is 6.08. The van der Waals surface area contributed by atoms with E-state index in [1.807, 2.05) is 24.4 Å². The monoisotopic (exact) mass is 437 g/mol. The summed E-state index contributed by atoms with van der Waals surface area (Å²) in [6.07, 6.45) is 6.85. The Morgan fingerprint density at radius 2 is 1.72 bits per heavy atom. The predicted molar refractivity (Wildman–Crippen MR) is 123 cm³/mol. The maximum Gasteiger partial charge on any atom is 0.201 e. The third-order valence-electron chi connectivity index (χ3n) is 6.08. The fourth-order valence-corrected chi connectivity index (χ4v) is 4.28. The van der Waals surface area contributed by atoms with Crippen LogP contribution >= 0.6 is 0 Å². The van der Waals surface area contributed by atoms with Crippen LogP contribution in [0.2, 0.25) is 0 Å². The molecule has 0 radical (unpaired) electrons. The van der Waals surface area contributed by atoms with Gasteiger partial charge in [-0.3, -0.25) is 4.98 Å². The Balaban J connectivity index is 1.46. The van der Waals surface area contributed by atoms with E-state index in [1.54, 1.807) is 25.1 Å². The summed E-state index contributed by atoms with van der Waals surface area (Å²) in [5.74, 6) is -1.54. The number of pyridine rings is 1. The van der Waals surface area contributed by atoms with E-state index in [1.165, 1.54) is 11.6 Å². The fraction of sp³-hybridized carbons (Fsp3) is 0.370. The van der Waals surface area contributed by atoms with E-state index in [4.69, 9.17) is 9.47 Å². The van der Waals surface area contributed by atoms with Crippen molar-refractivity contribution < 1.29 is 18.3 Å². The van der Waals surface area contributed by atoms with E-state index in [2.05, 4.69) is 18.0 Å². The largest absolute Gasteiger partial charge is 0.491 e. The molecule has 1 aliphatic rings. The van der Waals surface area contributed by atoms with Crippen LogP contribution in [0, 0.1) is 11.6 Å². The van der Waals surface area contributed by atoms with E-state index in [-0.39, 0.29) is 17.9 Å². The molecule has 5 heteroatoms. The van der Waals surface area contributed by atoms with Crippen molar-refractivity contribution in [3.05, 3.63) is 71.9 Å². The van der Waals surface area contributed by atoms with E-state index in [9.17, 15) is 8.78 Å². The molecule has 3 aromatic rings. The van der Waals surface area contributed by atoms with Crippen molar-refractivity contribution >= 4 is 0 Å². The Kier molecular flexibility index (Phi) is 7.15. The summed E-state index contributed by atoms with van der Waals surface area (Å²) >= 11 is 0. The summed E-state index contributed by atoms with van der Waals surface area (Å²) < 4.78 is 39.8. The van der Waals surface area contributed by atoms with E-state index >= 15 is 0 Å². The molecule has 1 aliphatic heterocycles. The average Bonchev–Trinajstić information content (AvgIpc) is 2.83. The molecule has 0 saturated carbocycles. The number of ether oxygens (including phenoxy) is 2. The number of benzene rings is 2. The third kappa shape index (κ3) is 4.83. The number of hydrogen-bond acceptors (Lipinski definition) is 3. The van der Waals surface area contributed by atoms with Gasteiger partial charge in [-0.05, 0) is 55.5 Å². The number of rotatable bonds is 7. The standard InChI is InChI=1S/C27H29F2NO2/c1-3-5-22-12-10-21(17-32-22)20-11-14-24(30-16-20)19-8-6-18(7-9-19)23-13-15-25(31-4-2)27(29)26(23)28/h6-9,11,13-16,21-22H,3-5,10,12,17H2,1-2H3. The summed E-state index contributed by atoms with van der Waals surface area (Å²) in [5, 5.41) is 0. The highest BCUT2D eigenvalue weighted by Crippen LogP contribution is 2.32. The lowest BCUT2D eigenvalue weighted by atomic mass is 9.91. The quantitative estimate of drug-likeness (QED) is 0.393. The van der Waals surface area contributed by atoms with Gasteiger partial charge in [0.05, 0.1) is 25.0 Å². The Labute approximate surface area is 188 Å². The molecule has 2 unspecified atom stereocenters. The van der Waals surface area contributed by atoms with Crippen LogP contribution in [0.15, 0.2) is 54.7 Å². The predicted octanol–water partition coefficient (Wildman–Crippen LogP) is 7.16. The van der Waals surface area contributed by atoms with Crippen LogP contribution < -0.4 is 4.74 Å². The molecule has 168 valence electrons. The lowest BCUT2D eigenvalue weighted by Crippen LogP contribution is -2.24. The molecule has 2 aromatic carbocycles. The summed E-state index contributed by atoms with van der Waals surface area (Å²) in [6, 6.07) is 14.5. The first kappa shape index (κ1) is 22.4. The Morgan fingerprint density at radius 1 is 0.938 bits per heavy atom. The van der Waals surface area contributed by atoms with Crippen LogP contribution in [0.25, 0.3) is 22.4 Å². The first-order chi connectivity index (χ1) is 15.6. The smallest absolute Gasteiger partial charge is 0.201 e. The first-order valence-electron chi connectivity index (χ1n) is 11.4. The second-order valence-corrected chi connectivity index (χ2v) is 8.24. The summed E-state index contributed by atoms with van der Waals surface area (Å²) in [4.78, 5) is 4.64. The van der Waals surface area contributed by atoms with Crippen molar-refractivity contribution in [1.82, 2.24) is 4.98 Å². The minimum absolute atomic E-state index is 0.0705. The van der Waals surface area contributed by atoms with Gasteiger partial charge in [0, 0.05) is 23.2 Å². The van der Waals surface area contributed by atoms with Gasteiger partial charge < -0.3 is 9.47 Å². The summed E-state index contributed by atoms with van der Waals surface area (Å²) in [7, 11) is 0. The SMILES string of the molecule is CCCC1CCC(c2ccc(-c3ccc(-c4ccc(OCC)c(F)c4F)cc3)nc2)CO1. The summed E-state index contributed by atoms with van der Waals surface area (Å²) in [5.41, 5.74) is 3.78. The molecule has 1 aromatic heterocycles. The van der Waals surface area contributed by atoms with Gasteiger partial charge in [-0.1, -0.05) is 43.7 Å². The molecule has 0 spiro atoms. The number of hydrogen-bond donors (Lipinski definition) is 0. The normalized spacial score (nSPS) is 18.5. The first-order valence-corrected chi connectivity index (χ1v) is 11.4. The highest BCUT2D eigenvalue weighted by atomic mass is 19.2. The van der Waals surface area contributed by atoms with Crippen LogP contribution in [0.4, 0.5) is 8.78 Å². The lowest BCUT2D eigenvalue weighted by Gasteiger charge is -2.29. The molecular formula is C27H29F2NO2. The minimum Gasteiger partial charge on any atom is -0.491 e. The van der Waals surface area contributed by atoms with Crippen molar-refractivity contribution in [2.45, 2.75) is 51.6 Å². The molecule has 2 heterocycles. The molecule has 3 nitrogen and oxygen atoms in total. The van der Waals surface area contributed by atoms with Crippen LogP contribution in [0.5, 0.6) is 5.75 Å². The van der Waals surface area contributed by atoms with Crippen molar-refractivity contribution in [2.75, 3.05) is 13.2 Å². The van der Waals surface area contributed by atoms with Gasteiger partial charge in [0.15, 0.2) is 11.6 Å². The minimum atomic E-state index is -0.960. The van der Waals surface area contributed by atoms with Gasteiger partial charge in [-0.25, -0.2) is 4.39 Å². The maximum absolute atomic E-state index is 14.5. The number of aromatic nitrogens is 1. The molecular weight excluding hydrogens is 408 g/mol. The number of halogens is 2.